The fraction of sp³-hybridized carbons (Fsp3) is 0.273. The normalized spacial score (nSPS) is 10.6. The molecule has 4 nitrogen and oxygen atoms in total. The molecular weight excluding hydrogens is 268 g/mol. The maximum atomic E-state index is 4.11. The number of nitrogens with one attached hydrogen (secondary N) is 1. The van der Waals surface area contributed by atoms with Crippen molar-refractivity contribution in [2.75, 3.05) is 0 Å². The minimum absolute atomic E-state index is 0.807. The van der Waals surface area contributed by atoms with E-state index in [4.69, 9.17) is 0 Å². The summed E-state index contributed by atoms with van der Waals surface area (Å²) >= 11 is 3.40. The number of nitrogens with zero attached hydrogens (tertiary/aromatic N) is 3. The Balaban J connectivity index is 1.84. The summed E-state index contributed by atoms with van der Waals surface area (Å²) in [6.07, 6.45) is 7.52. The summed E-state index contributed by atoms with van der Waals surface area (Å²) in [6, 6.07) is 2.06. The van der Waals surface area contributed by atoms with Crippen LogP contribution in [0.4, 0.5) is 0 Å². The van der Waals surface area contributed by atoms with Gasteiger partial charge in [-0.25, -0.2) is 0 Å². The van der Waals surface area contributed by atoms with Gasteiger partial charge in [-0.1, -0.05) is 0 Å². The lowest BCUT2D eigenvalue weighted by Crippen LogP contribution is -2.12. The van der Waals surface area contributed by atoms with E-state index in [1.54, 1.807) is 10.9 Å². The lowest BCUT2D eigenvalue weighted by atomic mass is 10.3. The molecule has 0 aromatic carbocycles. The molecule has 0 saturated heterocycles. The first-order chi connectivity index (χ1) is 7.74. The molecule has 2 aromatic heterocycles. The average Bonchev–Trinajstić information content (AvgIpc) is 2.64. The molecule has 0 aliphatic heterocycles. The Morgan fingerprint density at radius 3 is 2.75 bits per heavy atom. The standard InChI is InChI=1S/C11H13BrN4/c1-16-8-10(6-15-16)5-13-3-9-2-11(12)7-14-4-9/h2,4,6-8,13H,3,5H2,1H3. The topological polar surface area (TPSA) is 42.7 Å². The summed E-state index contributed by atoms with van der Waals surface area (Å²) in [4.78, 5) is 4.11. The molecule has 16 heavy (non-hydrogen) atoms. The van der Waals surface area contributed by atoms with Gasteiger partial charge in [0.15, 0.2) is 0 Å². The fourth-order valence-corrected chi connectivity index (χ4v) is 1.88. The van der Waals surface area contributed by atoms with E-state index in [1.807, 2.05) is 25.6 Å². The minimum atomic E-state index is 0.807. The first kappa shape index (κ1) is 11.3. The van der Waals surface area contributed by atoms with Crippen molar-refractivity contribution in [3.05, 3.63) is 46.5 Å². The van der Waals surface area contributed by atoms with E-state index in [0.717, 1.165) is 17.6 Å². The van der Waals surface area contributed by atoms with Crippen LogP contribution in [-0.2, 0) is 20.1 Å². The zero-order valence-corrected chi connectivity index (χ0v) is 10.6. The van der Waals surface area contributed by atoms with Gasteiger partial charge in [0.25, 0.3) is 0 Å². The molecule has 0 radical (unpaired) electrons. The largest absolute Gasteiger partial charge is 0.308 e. The number of hydrogen-bond donors (Lipinski definition) is 1. The molecule has 0 unspecified atom stereocenters. The third-order valence-electron chi connectivity index (χ3n) is 2.18. The summed E-state index contributed by atoms with van der Waals surface area (Å²) in [5.41, 5.74) is 2.35. The van der Waals surface area contributed by atoms with E-state index in [-0.39, 0.29) is 0 Å². The highest BCUT2D eigenvalue weighted by molar-refractivity contribution is 9.10. The molecule has 84 valence electrons. The van der Waals surface area contributed by atoms with Crippen molar-refractivity contribution < 1.29 is 0 Å². The maximum absolute atomic E-state index is 4.11. The summed E-state index contributed by atoms with van der Waals surface area (Å²) in [6.45, 7) is 1.63. The van der Waals surface area contributed by atoms with Crippen LogP contribution in [0.25, 0.3) is 0 Å². The van der Waals surface area contributed by atoms with Crippen LogP contribution in [0.2, 0.25) is 0 Å². The number of aryl methyl sites for hydroxylation is 1. The van der Waals surface area contributed by atoms with Crippen molar-refractivity contribution in [3.8, 4) is 0 Å². The Morgan fingerprint density at radius 2 is 2.06 bits per heavy atom. The predicted molar refractivity (Wildman–Crippen MR) is 65.7 cm³/mol. The SMILES string of the molecule is Cn1cc(CNCc2cncc(Br)c2)cn1. The Kier molecular flexibility index (Phi) is 3.69. The molecule has 0 atom stereocenters. The summed E-state index contributed by atoms with van der Waals surface area (Å²) < 4.78 is 2.81. The quantitative estimate of drug-likeness (QED) is 0.930. The number of aromatic nitrogens is 3. The van der Waals surface area contributed by atoms with Crippen molar-refractivity contribution >= 4 is 15.9 Å². The number of rotatable bonds is 4. The molecule has 0 aliphatic carbocycles. The van der Waals surface area contributed by atoms with Crippen LogP contribution in [0.5, 0.6) is 0 Å². The third kappa shape index (κ3) is 3.15. The van der Waals surface area contributed by atoms with Crippen LogP contribution in [0.3, 0.4) is 0 Å². The van der Waals surface area contributed by atoms with Gasteiger partial charge in [-0.2, -0.15) is 5.10 Å². The molecule has 2 heterocycles. The lowest BCUT2D eigenvalue weighted by Gasteiger charge is -2.03. The first-order valence-electron chi connectivity index (χ1n) is 5.02. The number of pyridine rings is 1. The van der Waals surface area contributed by atoms with Crippen molar-refractivity contribution in [1.82, 2.24) is 20.1 Å². The summed E-state index contributed by atoms with van der Waals surface area (Å²) in [7, 11) is 1.92. The second kappa shape index (κ2) is 5.23. The van der Waals surface area contributed by atoms with Gasteiger partial charge < -0.3 is 5.32 Å². The van der Waals surface area contributed by atoms with Crippen molar-refractivity contribution in [2.45, 2.75) is 13.1 Å². The van der Waals surface area contributed by atoms with Gasteiger partial charge in [0.2, 0.25) is 0 Å². The summed E-state index contributed by atoms with van der Waals surface area (Å²) in [5.74, 6) is 0. The lowest BCUT2D eigenvalue weighted by molar-refractivity contribution is 0.689. The van der Waals surface area contributed by atoms with Gasteiger partial charge in [-0.15, -0.1) is 0 Å². The molecule has 0 fully saturated rings. The summed E-state index contributed by atoms with van der Waals surface area (Å²) in [5, 5.41) is 7.46. The molecule has 2 rings (SSSR count). The first-order valence-corrected chi connectivity index (χ1v) is 5.81. The van der Waals surface area contributed by atoms with Gasteiger partial charge in [-0.3, -0.25) is 9.67 Å². The molecule has 0 aliphatic rings. The van der Waals surface area contributed by atoms with Crippen LogP contribution < -0.4 is 5.32 Å². The zero-order valence-electron chi connectivity index (χ0n) is 9.02. The Morgan fingerprint density at radius 1 is 1.25 bits per heavy atom. The third-order valence-corrected chi connectivity index (χ3v) is 2.61. The Hall–Kier alpha value is -1.20. The average molecular weight is 281 g/mol. The second-order valence-electron chi connectivity index (χ2n) is 3.64. The van der Waals surface area contributed by atoms with Crippen molar-refractivity contribution in [1.29, 1.82) is 0 Å². The fourth-order valence-electron chi connectivity index (χ4n) is 1.47. The van der Waals surface area contributed by atoms with E-state index in [2.05, 4.69) is 37.4 Å². The minimum Gasteiger partial charge on any atom is -0.308 e. The molecule has 5 heteroatoms. The van der Waals surface area contributed by atoms with E-state index in [9.17, 15) is 0 Å². The monoisotopic (exact) mass is 280 g/mol. The Labute approximate surface area is 103 Å². The molecule has 1 N–H and O–H groups in total. The zero-order chi connectivity index (χ0) is 11.4. The highest BCUT2D eigenvalue weighted by Gasteiger charge is 1.97. The van der Waals surface area contributed by atoms with Crippen LogP contribution in [0.1, 0.15) is 11.1 Å². The van der Waals surface area contributed by atoms with Gasteiger partial charge in [-0.05, 0) is 27.6 Å². The number of hydrogen-bond acceptors (Lipinski definition) is 3. The molecule has 2 aromatic rings. The smallest absolute Gasteiger partial charge is 0.0534 e. The highest BCUT2D eigenvalue weighted by atomic mass is 79.9. The van der Waals surface area contributed by atoms with Crippen molar-refractivity contribution in [2.24, 2.45) is 7.05 Å². The second-order valence-corrected chi connectivity index (χ2v) is 4.55. The van der Waals surface area contributed by atoms with E-state index < -0.39 is 0 Å². The van der Waals surface area contributed by atoms with Gasteiger partial charge in [0.05, 0.1) is 6.20 Å². The van der Waals surface area contributed by atoms with Crippen molar-refractivity contribution in [3.63, 3.8) is 0 Å². The predicted octanol–water partition coefficient (Wildman–Crippen LogP) is 1.87. The van der Waals surface area contributed by atoms with Gasteiger partial charge in [0.1, 0.15) is 0 Å². The molecular formula is C11H13BrN4. The van der Waals surface area contributed by atoms with Gasteiger partial charge in [0, 0.05) is 48.8 Å². The van der Waals surface area contributed by atoms with Crippen LogP contribution >= 0.6 is 15.9 Å². The van der Waals surface area contributed by atoms with Crippen LogP contribution in [0.15, 0.2) is 35.3 Å². The van der Waals surface area contributed by atoms with Gasteiger partial charge >= 0.3 is 0 Å². The van der Waals surface area contributed by atoms with E-state index >= 15 is 0 Å². The van der Waals surface area contributed by atoms with E-state index in [1.165, 1.54) is 11.1 Å². The molecule has 0 saturated carbocycles. The molecule has 0 bridgehead atoms. The van der Waals surface area contributed by atoms with Crippen LogP contribution in [-0.4, -0.2) is 14.8 Å². The van der Waals surface area contributed by atoms with E-state index in [0.29, 0.717) is 0 Å². The number of halogens is 1. The Bertz CT molecular complexity index is 467. The maximum Gasteiger partial charge on any atom is 0.0534 e. The molecule has 0 spiro atoms. The van der Waals surface area contributed by atoms with Crippen LogP contribution in [0, 0.1) is 0 Å². The molecule has 0 amide bonds. The highest BCUT2D eigenvalue weighted by Crippen LogP contribution is 2.09.